The Hall–Kier alpha value is -4.20. The number of rotatable bonds is 8. The number of halogens is 1. The summed E-state index contributed by atoms with van der Waals surface area (Å²) in [5.74, 6) is -3.00. The third-order valence-electron chi connectivity index (χ3n) is 7.55. The summed E-state index contributed by atoms with van der Waals surface area (Å²) in [6.07, 6.45) is 0. The number of thioether (sulfide) groups is 1. The molecule has 3 heterocycles. The number of amides is 3. The normalized spacial score (nSPS) is 18.7. The van der Waals surface area contributed by atoms with Gasteiger partial charge in [-0.15, -0.1) is 0 Å². The lowest BCUT2D eigenvalue weighted by atomic mass is 9.82. The van der Waals surface area contributed by atoms with Gasteiger partial charge in [0, 0.05) is 26.5 Å². The molecule has 10 nitrogen and oxygen atoms in total. The maximum atomic E-state index is 14.2. The predicted octanol–water partition coefficient (Wildman–Crippen LogP) is 5.50. The lowest BCUT2D eigenvalue weighted by molar-refractivity contribution is -0.122. The van der Waals surface area contributed by atoms with Crippen molar-refractivity contribution < 1.29 is 28.7 Å². The monoisotopic (exact) mass is 707 g/mol. The van der Waals surface area contributed by atoms with E-state index in [1.165, 1.54) is 24.3 Å². The Bertz CT molecular complexity index is 1890. The maximum Gasteiger partial charge on any atom is 0.338 e. The number of nitrogens with one attached hydrogen (secondary N) is 2. The van der Waals surface area contributed by atoms with Crippen LogP contribution in [0.1, 0.15) is 39.2 Å². The van der Waals surface area contributed by atoms with E-state index in [0.717, 1.165) is 33.6 Å². The van der Waals surface area contributed by atoms with Gasteiger partial charge in [0.05, 0.1) is 28.8 Å². The molecule has 13 heteroatoms. The fourth-order valence-electron chi connectivity index (χ4n) is 5.50. The first-order chi connectivity index (χ1) is 21.7. The van der Waals surface area contributed by atoms with E-state index >= 15 is 0 Å². The van der Waals surface area contributed by atoms with Crippen molar-refractivity contribution in [2.45, 2.75) is 30.0 Å². The van der Waals surface area contributed by atoms with E-state index < -0.39 is 34.9 Å². The highest BCUT2D eigenvalue weighted by molar-refractivity contribution is 9.10. The smallest absolute Gasteiger partial charge is 0.338 e. The lowest BCUT2D eigenvalue weighted by Crippen LogP contribution is -2.32. The van der Waals surface area contributed by atoms with Crippen LogP contribution in [0.3, 0.4) is 0 Å². The van der Waals surface area contributed by atoms with Crippen LogP contribution in [-0.4, -0.2) is 47.1 Å². The zero-order valence-electron chi connectivity index (χ0n) is 24.0. The van der Waals surface area contributed by atoms with Crippen molar-refractivity contribution in [1.82, 2.24) is 4.98 Å². The van der Waals surface area contributed by atoms with Crippen molar-refractivity contribution in [2.75, 3.05) is 23.4 Å². The molecule has 45 heavy (non-hydrogen) atoms. The van der Waals surface area contributed by atoms with E-state index in [1.54, 1.807) is 31.2 Å². The zero-order valence-corrected chi connectivity index (χ0v) is 27.2. The van der Waals surface area contributed by atoms with Gasteiger partial charge in [-0.25, -0.2) is 9.69 Å². The molecular weight excluding hydrogens is 682 g/mol. The summed E-state index contributed by atoms with van der Waals surface area (Å²) in [4.78, 5) is 69.8. The average Bonchev–Trinajstić information content (AvgIpc) is 3.51. The number of carbonyl (C=O) groups excluding carboxylic acids is 4. The molecule has 6 rings (SSSR count). The van der Waals surface area contributed by atoms with E-state index in [-0.39, 0.29) is 24.0 Å². The molecule has 0 saturated carbocycles. The molecule has 2 aliphatic heterocycles. The van der Waals surface area contributed by atoms with E-state index in [2.05, 4.69) is 26.2 Å². The number of aromatic amines is 1. The molecule has 1 fully saturated rings. The number of thiazole rings is 1. The Morgan fingerprint density at radius 2 is 1.78 bits per heavy atom. The molecule has 230 valence electrons. The van der Waals surface area contributed by atoms with Gasteiger partial charge in [-0.2, -0.15) is 0 Å². The van der Waals surface area contributed by atoms with Crippen LogP contribution >= 0.6 is 39.0 Å². The van der Waals surface area contributed by atoms with Gasteiger partial charge in [0.15, 0.2) is 6.61 Å². The van der Waals surface area contributed by atoms with E-state index in [4.69, 9.17) is 9.47 Å². The van der Waals surface area contributed by atoms with Gasteiger partial charge >= 0.3 is 10.8 Å². The molecule has 2 aliphatic rings. The van der Waals surface area contributed by atoms with Crippen LogP contribution in [0.2, 0.25) is 0 Å². The SMILES string of the molecule is CCOC(=O)c1ccc(N2C(=O)[C@H]3[C@H](c4cc(Br)ccc4OCC(=O)Nc4ccccc4C)c4sc(=O)[nH]c4S[C@H]3C2=O)cc1. The van der Waals surface area contributed by atoms with Crippen LogP contribution < -0.4 is 19.8 Å². The summed E-state index contributed by atoms with van der Waals surface area (Å²) >= 11 is 5.65. The molecule has 0 bridgehead atoms. The van der Waals surface area contributed by atoms with Crippen molar-refractivity contribution in [3.63, 3.8) is 0 Å². The average molecular weight is 709 g/mol. The van der Waals surface area contributed by atoms with Crippen molar-refractivity contribution >= 4 is 74.1 Å². The summed E-state index contributed by atoms with van der Waals surface area (Å²) in [7, 11) is 0. The number of H-pyrrole nitrogens is 1. The van der Waals surface area contributed by atoms with Crippen molar-refractivity contribution in [2.24, 2.45) is 5.92 Å². The molecule has 2 N–H and O–H groups in total. The standard InChI is InChI=1S/C32H26BrN3O7S2/c1-3-42-31(40)17-8-11-19(12-9-17)36-29(38)25-24(26-28(35-32(41)45-26)44-27(25)30(36)39)20-14-18(33)10-13-22(20)43-15-23(37)34-21-7-5-4-6-16(21)2/h4-14,24-25,27H,3,15H2,1-2H3,(H,34,37)(H,35,41)/t24-,25-,27+/m0/s1. The Kier molecular flexibility index (Phi) is 8.67. The third-order valence-corrected chi connectivity index (χ3v) is 10.4. The molecule has 0 aliphatic carbocycles. The molecular formula is C32H26BrN3O7S2. The fourth-order valence-corrected chi connectivity index (χ4v) is 8.39. The first kappa shape index (κ1) is 30.8. The quantitative estimate of drug-likeness (QED) is 0.181. The van der Waals surface area contributed by atoms with Gasteiger partial charge in [0.2, 0.25) is 11.8 Å². The van der Waals surface area contributed by atoms with E-state index in [1.807, 2.05) is 25.1 Å². The number of esters is 1. The molecule has 4 aromatic rings. The van der Waals surface area contributed by atoms with Crippen LogP contribution in [0, 0.1) is 12.8 Å². The Balaban J connectivity index is 1.34. The number of aryl methyl sites for hydroxylation is 1. The Morgan fingerprint density at radius 1 is 1.02 bits per heavy atom. The molecule has 3 atom stereocenters. The van der Waals surface area contributed by atoms with Crippen molar-refractivity contribution in [1.29, 1.82) is 0 Å². The van der Waals surface area contributed by atoms with Crippen LogP contribution in [0.5, 0.6) is 5.75 Å². The summed E-state index contributed by atoms with van der Waals surface area (Å²) in [6.45, 7) is 3.51. The summed E-state index contributed by atoms with van der Waals surface area (Å²) < 4.78 is 11.8. The number of carbonyl (C=O) groups is 4. The number of ether oxygens (including phenoxy) is 2. The van der Waals surface area contributed by atoms with E-state index in [9.17, 15) is 24.0 Å². The second-order valence-corrected chi connectivity index (χ2v) is 13.4. The van der Waals surface area contributed by atoms with Crippen molar-refractivity contribution in [3.05, 3.63) is 102 Å². The fraction of sp³-hybridized carbons (Fsp3) is 0.219. The highest BCUT2D eigenvalue weighted by Crippen LogP contribution is 2.54. The van der Waals surface area contributed by atoms with Gasteiger partial charge < -0.3 is 19.8 Å². The minimum atomic E-state index is -0.872. The lowest BCUT2D eigenvalue weighted by Gasteiger charge is -2.31. The Morgan fingerprint density at radius 3 is 2.51 bits per heavy atom. The van der Waals surface area contributed by atoms with Gasteiger partial charge in [-0.3, -0.25) is 19.2 Å². The second kappa shape index (κ2) is 12.7. The number of hydrogen-bond acceptors (Lipinski definition) is 9. The number of aromatic nitrogens is 1. The van der Waals surface area contributed by atoms with Crippen LogP contribution in [0.25, 0.3) is 0 Å². The molecule has 1 aromatic heterocycles. The van der Waals surface area contributed by atoms with Gasteiger partial charge in [-0.05, 0) is 67.9 Å². The Labute approximate surface area is 274 Å². The van der Waals surface area contributed by atoms with Crippen LogP contribution in [-0.2, 0) is 19.1 Å². The highest BCUT2D eigenvalue weighted by Gasteiger charge is 2.57. The number of benzene rings is 3. The zero-order chi connectivity index (χ0) is 31.8. The second-order valence-electron chi connectivity index (χ2n) is 10.4. The number of hydrogen-bond donors (Lipinski definition) is 2. The largest absolute Gasteiger partial charge is 0.483 e. The molecule has 0 spiro atoms. The maximum absolute atomic E-state index is 14.2. The number of fused-ring (bicyclic) bond motifs is 2. The van der Waals surface area contributed by atoms with Crippen molar-refractivity contribution in [3.8, 4) is 5.75 Å². The van der Waals surface area contributed by atoms with Gasteiger partial charge in [0.1, 0.15) is 11.0 Å². The predicted molar refractivity (Wildman–Crippen MR) is 174 cm³/mol. The van der Waals surface area contributed by atoms with Crippen LogP contribution in [0.15, 0.2) is 81.0 Å². The highest BCUT2D eigenvalue weighted by atomic mass is 79.9. The van der Waals surface area contributed by atoms with Gasteiger partial charge in [-0.1, -0.05) is 57.2 Å². The third kappa shape index (κ3) is 5.95. The first-order valence-corrected chi connectivity index (χ1v) is 16.5. The molecule has 3 amide bonds. The summed E-state index contributed by atoms with van der Waals surface area (Å²) in [6, 6.07) is 18.7. The van der Waals surface area contributed by atoms with Crippen LogP contribution in [0.4, 0.5) is 11.4 Å². The number of para-hydroxylation sites is 1. The first-order valence-electron chi connectivity index (χ1n) is 14.0. The minimum absolute atomic E-state index is 0.219. The topological polar surface area (TPSA) is 135 Å². The van der Waals surface area contributed by atoms with Gasteiger partial charge in [0.25, 0.3) is 5.91 Å². The number of nitrogens with zero attached hydrogens (tertiary/aromatic N) is 1. The molecule has 0 unspecified atom stereocenters. The minimum Gasteiger partial charge on any atom is -0.483 e. The molecule has 3 aromatic carbocycles. The number of anilines is 2. The molecule has 1 saturated heterocycles. The molecule has 0 radical (unpaired) electrons. The number of imide groups is 1. The van der Waals surface area contributed by atoms with E-state index in [0.29, 0.717) is 42.6 Å². The summed E-state index contributed by atoms with van der Waals surface area (Å²) in [5, 5.41) is 2.53. The summed E-state index contributed by atoms with van der Waals surface area (Å²) in [5.41, 5.74) is 2.75.